The van der Waals surface area contributed by atoms with Crippen LogP contribution >= 0.6 is 22.9 Å². The Kier molecular flexibility index (Phi) is 6.97. The van der Waals surface area contributed by atoms with Crippen LogP contribution in [0.5, 0.6) is 0 Å². The molecule has 32 heavy (non-hydrogen) atoms. The summed E-state index contributed by atoms with van der Waals surface area (Å²) in [6.45, 7) is 3.67. The molecule has 4 rings (SSSR count). The maximum atomic E-state index is 13.0. The number of carbonyl (C=O) groups excluding carboxylic acids is 2. The molecule has 0 spiro atoms. The van der Waals surface area contributed by atoms with E-state index in [4.69, 9.17) is 16.3 Å². The second kappa shape index (κ2) is 9.88. The van der Waals surface area contributed by atoms with Crippen LogP contribution in [-0.4, -0.2) is 18.0 Å². The monoisotopic (exact) mass is 467 g/mol. The van der Waals surface area contributed by atoms with E-state index in [1.54, 1.807) is 12.1 Å². The molecule has 1 amide bonds. The van der Waals surface area contributed by atoms with E-state index in [0.29, 0.717) is 21.5 Å². The third-order valence-electron chi connectivity index (χ3n) is 5.61. The summed E-state index contributed by atoms with van der Waals surface area (Å²) in [5.41, 5.74) is 3.72. The van der Waals surface area contributed by atoms with Gasteiger partial charge >= 0.3 is 5.97 Å². The Hall–Kier alpha value is -2.63. The van der Waals surface area contributed by atoms with E-state index in [0.717, 1.165) is 35.3 Å². The van der Waals surface area contributed by atoms with E-state index in [1.807, 2.05) is 32.0 Å². The number of hydrogen-bond donors (Lipinski definition) is 1. The summed E-state index contributed by atoms with van der Waals surface area (Å²) >= 11 is 7.44. The summed E-state index contributed by atoms with van der Waals surface area (Å²) in [5, 5.41) is 4.21. The predicted molar refractivity (Wildman–Crippen MR) is 130 cm³/mol. The van der Waals surface area contributed by atoms with E-state index in [1.165, 1.54) is 16.9 Å². The van der Waals surface area contributed by atoms with Crippen molar-refractivity contribution in [2.24, 2.45) is 0 Å². The molecule has 4 nitrogen and oxygen atoms in total. The Labute approximate surface area is 197 Å². The molecule has 0 aliphatic heterocycles. The number of anilines is 1. The van der Waals surface area contributed by atoms with Crippen molar-refractivity contribution in [1.82, 2.24) is 0 Å². The largest absolute Gasteiger partial charge is 0.459 e. The molecule has 3 aromatic rings. The maximum absolute atomic E-state index is 13.0. The van der Waals surface area contributed by atoms with Crippen molar-refractivity contribution < 1.29 is 14.3 Å². The summed E-state index contributed by atoms with van der Waals surface area (Å²) < 4.78 is 5.53. The highest BCUT2D eigenvalue weighted by Crippen LogP contribution is 2.43. The number of hydrogen-bond acceptors (Lipinski definition) is 4. The molecule has 1 aliphatic rings. The lowest BCUT2D eigenvalue weighted by atomic mass is 9.83. The van der Waals surface area contributed by atoms with Gasteiger partial charge in [0.15, 0.2) is 0 Å². The van der Waals surface area contributed by atoms with Crippen LogP contribution in [0.2, 0.25) is 5.02 Å². The van der Waals surface area contributed by atoms with Crippen LogP contribution in [0.3, 0.4) is 0 Å². The van der Waals surface area contributed by atoms with E-state index >= 15 is 0 Å². The molecule has 1 aliphatic carbocycles. The van der Waals surface area contributed by atoms with E-state index in [2.05, 4.69) is 29.6 Å². The number of esters is 1. The first-order valence-electron chi connectivity index (χ1n) is 10.9. The number of ether oxygens (including phenoxy) is 1. The zero-order valence-corrected chi connectivity index (χ0v) is 19.8. The Morgan fingerprint density at radius 1 is 1.12 bits per heavy atom. The first kappa shape index (κ1) is 22.6. The molecule has 1 heterocycles. The van der Waals surface area contributed by atoms with Gasteiger partial charge in [-0.3, -0.25) is 4.79 Å². The molecular weight excluding hydrogens is 442 g/mol. The third kappa shape index (κ3) is 5.22. The molecular formula is C26H26ClNO3S. The highest BCUT2D eigenvalue weighted by atomic mass is 35.5. The minimum absolute atomic E-state index is 0.163. The quantitative estimate of drug-likeness (QED) is 0.425. The van der Waals surface area contributed by atoms with Crippen molar-refractivity contribution in [3.8, 4) is 0 Å². The van der Waals surface area contributed by atoms with Gasteiger partial charge in [-0.2, -0.15) is 0 Å². The number of halogens is 1. The van der Waals surface area contributed by atoms with Gasteiger partial charge in [-0.05, 0) is 67.9 Å². The predicted octanol–water partition coefficient (Wildman–Crippen LogP) is 6.42. The van der Waals surface area contributed by atoms with Gasteiger partial charge in [0.2, 0.25) is 5.91 Å². The molecule has 0 saturated carbocycles. The standard InChI is InChI=1S/C26H26ClNO3S/c1-16(2)31-26(30)24-21-13-10-19(18-6-4-3-5-7-18)15-22(21)32-25(24)28-23(29)14-17-8-11-20(27)12-9-17/h3-9,11-12,16,19H,10,13-15H2,1-2H3,(H,28,29)/t19-/m0/s1. The summed E-state index contributed by atoms with van der Waals surface area (Å²) in [7, 11) is 0. The minimum atomic E-state index is -0.363. The Balaban J connectivity index is 1.59. The van der Waals surface area contributed by atoms with Crippen LogP contribution in [0.15, 0.2) is 54.6 Å². The SMILES string of the molecule is CC(C)OC(=O)c1c(NC(=O)Cc2ccc(Cl)cc2)sc2c1CC[C@H](c1ccccc1)C2. The van der Waals surface area contributed by atoms with Gasteiger partial charge in [0.1, 0.15) is 5.00 Å². The van der Waals surface area contributed by atoms with Crippen molar-refractivity contribution >= 4 is 39.8 Å². The van der Waals surface area contributed by atoms with Gasteiger partial charge in [-0.1, -0.05) is 54.1 Å². The van der Waals surface area contributed by atoms with Gasteiger partial charge in [-0.15, -0.1) is 11.3 Å². The third-order valence-corrected chi connectivity index (χ3v) is 7.04. The highest BCUT2D eigenvalue weighted by Gasteiger charge is 2.31. The number of fused-ring (bicyclic) bond motifs is 1. The van der Waals surface area contributed by atoms with Crippen LogP contribution < -0.4 is 5.32 Å². The lowest BCUT2D eigenvalue weighted by Gasteiger charge is -2.23. The zero-order chi connectivity index (χ0) is 22.7. The Morgan fingerprint density at radius 3 is 2.53 bits per heavy atom. The molecule has 1 N–H and O–H groups in total. The average Bonchev–Trinajstić information content (AvgIpc) is 3.12. The normalized spacial score (nSPS) is 15.3. The highest BCUT2D eigenvalue weighted by molar-refractivity contribution is 7.17. The molecule has 0 saturated heterocycles. The van der Waals surface area contributed by atoms with Gasteiger partial charge in [0.05, 0.1) is 18.1 Å². The summed E-state index contributed by atoms with van der Waals surface area (Å²) in [6, 6.07) is 17.7. The molecule has 166 valence electrons. The lowest BCUT2D eigenvalue weighted by molar-refractivity contribution is -0.115. The van der Waals surface area contributed by atoms with Crippen LogP contribution in [0.1, 0.15) is 58.1 Å². The van der Waals surface area contributed by atoms with E-state index in [-0.39, 0.29) is 24.4 Å². The second-order valence-corrected chi connectivity index (χ2v) is 9.91. The number of amides is 1. The molecule has 0 fully saturated rings. The smallest absolute Gasteiger partial charge is 0.341 e. The fourth-order valence-corrected chi connectivity index (χ4v) is 5.59. The molecule has 1 aromatic heterocycles. The molecule has 0 radical (unpaired) electrons. The minimum Gasteiger partial charge on any atom is -0.459 e. The first-order chi connectivity index (χ1) is 15.4. The van der Waals surface area contributed by atoms with Gasteiger partial charge < -0.3 is 10.1 Å². The lowest BCUT2D eigenvalue weighted by Crippen LogP contribution is -2.19. The van der Waals surface area contributed by atoms with Crippen molar-refractivity contribution in [1.29, 1.82) is 0 Å². The number of thiophene rings is 1. The molecule has 0 unspecified atom stereocenters. The first-order valence-corrected chi connectivity index (χ1v) is 12.0. The topological polar surface area (TPSA) is 55.4 Å². The average molecular weight is 468 g/mol. The number of benzene rings is 2. The molecule has 2 aromatic carbocycles. The Bertz CT molecular complexity index is 1110. The summed E-state index contributed by atoms with van der Waals surface area (Å²) in [5.74, 6) is -0.115. The van der Waals surface area contributed by atoms with E-state index < -0.39 is 0 Å². The molecule has 1 atom stereocenters. The van der Waals surface area contributed by atoms with Gasteiger partial charge in [-0.25, -0.2) is 4.79 Å². The maximum Gasteiger partial charge on any atom is 0.341 e. The second-order valence-electron chi connectivity index (χ2n) is 8.36. The Morgan fingerprint density at radius 2 is 1.84 bits per heavy atom. The summed E-state index contributed by atoms with van der Waals surface area (Å²) in [4.78, 5) is 26.9. The number of nitrogens with one attached hydrogen (secondary N) is 1. The van der Waals surface area contributed by atoms with Crippen LogP contribution in [0.25, 0.3) is 0 Å². The van der Waals surface area contributed by atoms with Gasteiger partial charge in [0.25, 0.3) is 0 Å². The van der Waals surface area contributed by atoms with Crippen molar-refractivity contribution in [3.63, 3.8) is 0 Å². The van der Waals surface area contributed by atoms with Crippen LogP contribution in [0, 0.1) is 0 Å². The van der Waals surface area contributed by atoms with E-state index in [9.17, 15) is 9.59 Å². The molecule has 0 bridgehead atoms. The number of rotatable bonds is 6. The van der Waals surface area contributed by atoms with Crippen molar-refractivity contribution in [2.45, 2.75) is 51.6 Å². The molecule has 6 heteroatoms. The van der Waals surface area contributed by atoms with Crippen molar-refractivity contribution in [3.05, 3.63) is 86.8 Å². The van der Waals surface area contributed by atoms with Gasteiger partial charge in [0, 0.05) is 9.90 Å². The zero-order valence-electron chi connectivity index (χ0n) is 18.2. The van der Waals surface area contributed by atoms with Crippen molar-refractivity contribution in [2.75, 3.05) is 5.32 Å². The number of carbonyl (C=O) groups is 2. The fourth-order valence-electron chi connectivity index (χ4n) is 4.13. The van der Waals surface area contributed by atoms with Crippen LogP contribution in [-0.2, 0) is 28.8 Å². The summed E-state index contributed by atoms with van der Waals surface area (Å²) in [6.07, 6.45) is 2.61. The van der Waals surface area contributed by atoms with Crippen LogP contribution in [0.4, 0.5) is 5.00 Å². The fraction of sp³-hybridized carbons (Fsp3) is 0.308.